The van der Waals surface area contributed by atoms with Crippen LogP contribution in [0, 0.1) is 5.82 Å². The quantitative estimate of drug-likeness (QED) is 0.828. The number of nitrogens with one attached hydrogen (secondary N) is 1. The second-order valence-electron chi connectivity index (χ2n) is 5.79. The second-order valence-corrected chi connectivity index (χ2v) is 5.79. The number of rotatable bonds is 6. The summed E-state index contributed by atoms with van der Waals surface area (Å²) in [6.07, 6.45) is 5.43. The maximum atomic E-state index is 13.5. The summed E-state index contributed by atoms with van der Waals surface area (Å²) in [4.78, 5) is 0. The molecule has 0 bridgehead atoms. The van der Waals surface area contributed by atoms with Crippen LogP contribution in [0.5, 0.6) is 0 Å². The third-order valence-electron chi connectivity index (χ3n) is 4.35. The smallest absolute Gasteiger partial charge is 0.123 e. The Kier molecular flexibility index (Phi) is 4.94. The van der Waals surface area contributed by atoms with Crippen molar-refractivity contribution in [3.63, 3.8) is 0 Å². The standard InChI is InChI=1S/C16H24FNO/c1-13(7-10-19)18-12-16(8-2-3-9-16)14-5-4-6-15(17)11-14/h4-6,11,13,18-19H,2-3,7-10,12H2,1H3/t13-/m0/s1. The van der Waals surface area contributed by atoms with E-state index in [0.717, 1.165) is 31.4 Å². The van der Waals surface area contributed by atoms with Gasteiger partial charge in [0.05, 0.1) is 0 Å². The highest BCUT2D eigenvalue weighted by molar-refractivity contribution is 5.28. The largest absolute Gasteiger partial charge is 0.396 e. The summed E-state index contributed by atoms with van der Waals surface area (Å²) in [6.45, 7) is 3.17. The SMILES string of the molecule is C[C@@H](CCO)NCC1(c2cccc(F)c2)CCCC1. The fraction of sp³-hybridized carbons (Fsp3) is 0.625. The van der Waals surface area contributed by atoms with E-state index >= 15 is 0 Å². The molecule has 3 heteroatoms. The van der Waals surface area contributed by atoms with Gasteiger partial charge in [-0.05, 0) is 43.9 Å². The van der Waals surface area contributed by atoms with Gasteiger partial charge in [0.1, 0.15) is 5.82 Å². The van der Waals surface area contributed by atoms with Gasteiger partial charge in [-0.25, -0.2) is 4.39 Å². The van der Waals surface area contributed by atoms with Gasteiger partial charge in [0.2, 0.25) is 0 Å². The van der Waals surface area contributed by atoms with Gasteiger partial charge in [-0.15, -0.1) is 0 Å². The lowest BCUT2D eigenvalue weighted by Gasteiger charge is -2.31. The number of hydrogen-bond acceptors (Lipinski definition) is 2. The summed E-state index contributed by atoms with van der Waals surface area (Å²) in [5.41, 5.74) is 1.19. The van der Waals surface area contributed by atoms with E-state index in [1.54, 1.807) is 6.07 Å². The number of aliphatic hydroxyl groups is 1. The molecule has 0 unspecified atom stereocenters. The molecule has 106 valence electrons. The van der Waals surface area contributed by atoms with Gasteiger partial charge in [-0.2, -0.15) is 0 Å². The van der Waals surface area contributed by atoms with Crippen molar-refractivity contribution in [1.29, 1.82) is 0 Å². The minimum absolute atomic E-state index is 0.0752. The molecule has 1 atom stereocenters. The Labute approximate surface area is 115 Å². The summed E-state index contributed by atoms with van der Waals surface area (Å²) in [5.74, 6) is -0.146. The highest BCUT2D eigenvalue weighted by Gasteiger charge is 2.35. The molecule has 0 amide bonds. The average molecular weight is 265 g/mol. The molecule has 2 nitrogen and oxygen atoms in total. The topological polar surface area (TPSA) is 32.3 Å². The van der Waals surface area contributed by atoms with Crippen LogP contribution in [0.4, 0.5) is 4.39 Å². The molecular formula is C16H24FNO. The minimum Gasteiger partial charge on any atom is -0.396 e. The van der Waals surface area contributed by atoms with Crippen molar-refractivity contribution in [2.45, 2.75) is 50.5 Å². The number of benzene rings is 1. The molecule has 1 saturated carbocycles. The lowest BCUT2D eigenvalue weighted by Crippen LogP contribution is -2.40. The van der Waals surface area contributed by atoms with Crippen LogP contribution in [0.1, 0.15) is 44.6 Å². The van der Waals surface area contributed by atoms with Gasteiger partial charge in [-0.3, -0.25) is 0 Å². The van der Waals surface area contributed by atoms with Crippen molar-refractivity contribution in [2.75, 3.05) is 13.2 Å². The fourth-order valence-corrected chi connectivity index (χ4v) is 3.10. The van der Waals surface area contributed by atoms with Crippen molar-refractivity contribution in [1.82, 2.24) is 5.32 Å². The van der Waals surface area contributed by atoms with E-state index in [-0.39, 0.29) is 17.8 Å². The van der Waals surface area contributed by atoms with Crippen molar-refractivity contribution in [3.05, 3.63) is 35.6 Å². The molecule has 0 aromatic heterocycles. The Morgan fingerprint density at radius 2 is 2.11 bits per heavy atom. The van der Waals surface area contributed by atoms with Crippen molar-refractivity contribution < 1.29 is 9.50 Å². The average Bonchev–Trinajstić information content (AvgIpc) is 2.87. The molecule has 0 spiro atoms. The summed E-state index contributed by atoms with van der Waals surface area (Å²) in [5, 5.41) is 12.5. The Balaban J connectivity index is 2.09. The van der Waals surface area contributed by atoms with Crippen LogP contribution in [0.3, 0.4) is 0 Å². The van der Waals surface area contributed by atoms with Crippen LogP contribution in [-0.4, -0.2) is 24.3 Å². The predicted octanol–water partition coefficient (Wildman–Crippen LogP) is 3.00. The Morgan fingerprint density at radius 3 is 2.74 bits per heavy atom. The van der Waals surface area contributed by atoms with Crippen LogP contribution in [0.25, 0.3) is 0 Å². The van der Waals surface area contributed by atoms with E-state index in [4.69, 9.17) is 5.11 Å². The first-order chi connectivity index (χ1) is 9.16. The van der Waals surface area contributed by atoms with E-state index in [9.17, 15) is 4.39 Å². The first-order valence-electron chi connectivity index (χ1n) is 7.27. The molecule has 2 N–H and O–H groups in total. The second kappa shape index (κ2) is 6.49. The normalized spacial score (nSPS) is 19.5. The molecule has 0 aliphatic heterocycles. The molecule has 1 aliphatic rings. The Hall–Kier alpha value is -0.930. The van der Waals surface area contributed by atoms with Crippen molar-refractivity contribution in [3.8, 4) is 0 Å². The zero-order valence-electron chi connectivity index (χ0n) is 11.7. The highest BCUT2D eigenvalue weighted by atomic mass is 19.1. The molecule has 0 saturated heterocycles. The third kappa shape index (κ3) is 3.54. The van der Waals surface area contributed by atoms with Gasteiger partial charge in [0, 0.05) is 24.6 Å². The van der Waals surface area contributed by atoms with Crippen LogP contribution in [0.2, 0.25) is 0 Å². The lowest BCUT2D eigenvalue weighted by molar-refractivity contribution is 0.262. The summed E-state index contributed by atoms with van der Waals surface area (Å²) in [6, 6.07) is 7.35. The maximum absolute atomic E-state index is 13.5. The molecule has 1 aromatic carbocycles. The van der Waals surface area contributed by atoms with Gasteiger partial charge in [-0.1, -0.05) is 25.0 Å². The van der Waals surface area contributed by atoms with E-state index in [2.05, 4.69) is 12.2 Å². The Morgan fingerprint density at radius 1 is 1.37 bits per heavy atom. The number of aliphatic hydroxyl groups excluding tert-OH is 1. The van der Waals surface area contributed by atoms with Crippen molar-refractivity contribution in [2.24, 2.45) is 0 Å². The third-order valence-corrected chi connectivity index (χ3v) is 4.35. The summed E-state index contributed by atoms with van der Waals surface area (Å²) < 4.78 is 13.5. The zero-order valence-corrected chi connectivity index (χ0v) is 11.7. The highest BCUT2D eigenvalue weighted by Crippen LogP contribution is 2.40. The van der Waals surface area contributed by atoms with Gasteiger partial charge < -0.3 is 10.4 Å². The fourth-order valence-electron chi connectivity index (χ4n) is 3.10. The van der Waals surface area contributed by atoms with Gasteiger partial charge >= 0.3 is 0 Å². The Bertz CT molecular complexity index is 401. The summed E-state index contributed by atoms with van der Waals surface area (Å²) in [7, 11) is 0. The number of halogens is 1. The summed E-state index contributed by atoms with van der Waals surface area (Å²) >= 11 is 0. The maximum Gasteiger partial charge on any atom is 0.123 e. The van der Waals surface area contributed by atoms with Gasteiger partial charge in [0.25, 0.3) is 0 Å². The zero-order chi connectivity index (χ0) is 13.7. The molecule has 1 fully saturated rings. The van der Waals surface area contributed by atoms with Crippen LogP contribution in [0.15, 0.2) is 24.3 Å². The molecule has 19 heavy (non-hydrogen) atoms. The monoisotopic (exact) mass is 265 g/mol. The first kappa shape index (κ1) is 14.5. The predicted molar refractivity (Wildman–Crippen MR) is 75.7 cm³/mol. The molecule has 1 aliphatic carbocycles. The molecule has 0 radical (unpaired) electrons. The first-order valence-corrected chi connectivity index (χ1v) is 7.27. The van der Waals surface area contributed by atoms with E-state index < -0.39 is 0 Å². The van der Waals surface area contributed by atoms with E-state index in [1.807, 2.05) is 12.1 Å². The molecule has 2 rings (SSSR count). The van der Waals surface area contributed by atoms with E-state index in [0.29, 0.717) is 6.04 Å². The van der Waals surface area contributed by atoms with Crippen LogP contribution < -0.4 is 5.32 Å². The van der Waals surface area contributed by atoms with Crippen LogP contribution >= 0.6 is 0 Å². The van der Waals surface area contributed by atoms with Gasteiger partial charge in [0.15, 0.2) is 0 Å². The minimum atomic E-state index is -0.146. The molecular weight excluding hydrogens is 241 g/mol. The lowest BCUT2D eigenvalue weighted by atomic mass is 9.78. The molecule has 0 heterocycles. The number of hydrogen-bond donors (Lipinski definition) is 2. The van der Waals surface area contributed by atoms with E-state index in [1.165, 1.54) is 18.9 Å². The van der Waals surface area contributed by atoms with Crippen molar-refractivity contribution >= 4 is 0 Å². The van der Waals surface area contributed by atoms with Crippen LogP contribution in [-0.2, 0) is 5.41 Å². The molecule has 1 aromatic rings.